The molecule has 9 heteroatoms. The Bertz CT molecular complexity index is 979. The largest absolute Gasteiger partial charge is 0.466 e. The van der Waals surface area contributed by atoms with Crippen molar-refractivity contribution in [3.63, 3.8) is 0 Å². The summed E-state index contributed by atoms with van der Waals surface area (Å²) in [5.41, 5.74) is 1.77. The minimum Gasteiger partial charge on any atom is -0.466 e. The number of amides is 2. The highest BCUT2D eigenvalue weighted by Gasteiger charge is 2.26. The summed E-state index contributed by atoms with van der Waals surface area (Å²) in [7, 11) is -3.29. The van der Waals surface area contributed by atoms with Crippen LogP contribution in [0.15, 0.2) is 34.7 Å². The van der Waals surface area contributed by atoms with E-state index in [1.807, 2.05) is 6.92 Å². The number of hydrogen-bond donors (Lipinski definition) is 2. The first-order valence-corrected chi connectivity index (χ1v) is 10.6. The molecule has 1 aliphatic rings. The van der Waals surface area contributed by atoms with E-state index in [4.69, 9.17) is 4.42 Å². The molecule has 0 radical (unpaired) electrons. The maximum absolute atomic E-state index is 12.1. The molecule has 0 spiro atoms. The summed E-state index contributed by atoms with van der Waals surface area (Å²) in [5, 5.41) is 5.05. The number of aryl methyl sites for hydroxylation is 2. The normalized spacial score (nSPS) is 15.9. The number of carbonyl (C=O) groups is 2. The van der Waals surface area contributed by atoms with E-state index in [9.17, 15) is 18.0 Å². The fourth-order valence-electron chi connectivity index (χ4n) is 3.09. The van der Waals surface area contributed by atoms with E-state index >= 15 is 0 Å². The highest BCUT2D eigenvalue weighted by molar-refractivity contribution is 7.92. The highest BCUT2D eigenvalue weighted by atomic mass is 32.2. The Morgan fingerprint density at radius 3 is 2.43 bits per heavy atom. The van der Waals surface area contributed by atoms with E-state index in [1.54, 1.807) is 37.3 Å². The Kier molecular flexibility index (Phi) is 5.73. The number of sulfonamides is 1. The summed E-state index contributed by atoms with van der Waals surface area (Å²) in [6.07, 6.45) is 1.48. The lowest BCUT2D eigenvalue weighted by Gasteiger charge is -2.28. The van der Waals surface area contributed by atoms with Crippen molar-refractivity contribution in [2.75, 3.05) is 21.9 Å². The van der Waals surface area contributed by atoms with Crippen molar-refractivity contribution < 1.29 is 22.4 Å². The zero-order valence-corrected chi connectivity index (χ0v) is 16.6. The Morgan fingerprint density at radius 2 is 1.82 bits per heavy atom. The highest BCUT2D eigenvalue weighted by Crippen LogP contribution is 2.24. The lowest BCUT2D eigenvalue weighted by Crippen LogP contribution is -2.37. The standard InChI is InChI=1S/C19H23N3O5S/c1-13-11-15(14(2)27-13)12-20-18(23)19(24)21-16-5-7-17(8-6-16)22-9-3-4-10-28(22,25)26/h5-8,11H,3-4,9-10,12H2,1-2H3,(H,20,23)(H,21,24). The van der Waals surface area contributed by atoms with Crippen LogP contribution in [0.1, 0.15) is 29.9 Å². The maximum atomic E-state index is 12.1. The number of hydrogen-bond acceptors (Lipinski definition) is 5. The van der Waals surface area contributed by atoms with Crippen molar-refractivity contribution in [1.82, 2.24) is 5.32 Å². The number of furan rings is 1. The van der Waals surface area contributed by atoms with Gasteiger partial charge in [-0.1, -0.05) is 0 Å². The third-order valence-corrected chi connectivity index (χ3v) is 6.42. The number of anilines is 2. The minimum atomic E-state index is -3.29. The second-order valence-corrected chi connectivity index (χ2v) is 8.73. The van der Waals surface area contributed by atoms with Crippen molar-refractivity contribution >= 4 is 33.2 Å². The molecule has 2 heterocycles. The van der Waals surface area contributed by atoms with Crippen LogP contribution in [0, 0.1) is 13.8 Å². The quantitative estimate of drug-likeness (QED) is 0.757. The predicted molar refractivity (Wildman–Crippen MR) is 105 cm³/mol. The number of rotatable bonds is 4. The summed E-state index contributed by atoms with van der Waals surface area (Å²) >= 11 is 0. The fourth-order valence-corrected chi connectivity index (χ4v) is 4.73. The lowest BCUT2D eigenvalue weighted by molar-refractivity contribution is -0.136. The number of carbonyl (C=O) groups excluding carboxylic acids is 2. The van der Waals surface area contributed by atoms with E-state index in [2.05, 4.69) is 10.6 Å². The van der Waals surface area contributed by atoms with Crippen LogP contribution in [-0.2, 0) is 26.2 Å². The van der Waals surface area contributed by atoms with Crippen molar-refractivity contribution in [3.8, 4) is 0 Å². The zero-order chi connectivity index (χ0) is 20.3. The third kappa shape index (κ3) is 4.53. The summed E-state index contributed by atoms with van der Waals surface area (Å²) in [6, 6.07) is 8.20. The second kappa shape index (κ2) is 8.05. The molecule has 2 aromatic rings. The molecule has 0 saturated carbocycles. The minimum absolute atomic E-state index is 0.140. The topological polar surface area (TPSA) is 109 Å². The van der Waals surface area contributed by atoms with Gasteiger partial charge in [-0.05, 0) is 57.0 Å². The molecule has 1 aromatic carbocycles. The van der Waals surface area contributed by atoms with Crippen molar-refractivity contribution in [2.45, 2.75) is 33.2 Å². The van der Waals surface area contributed by atoms with Crippen LogP contribution in [0.4, 0.5) is 11.4 Å². The van der Waals surface area contributed by atoms with Gasteiger partial charge in [0.1, 0.15) is 11.5 Å². The molecule has 1 fully saturated rings. The number of nitrogens with one attached hydrogen (secondary N) is 2. The van der Waals surface area contributed by atoms with Gasteiger partial charge in [0.15, 0.2) is 0 Å². The van der Waals surface area contributed by atoms with Gasteiger partial charge >= 0.3 is 11.8 Å². The third-order valence-electron chi connectivity index (χ3n) is 4.55. The van der Waals surface area contributed by atoms with Gasteiger partial charge in [-0.25, -0.2) is 8.42 Å². The molecule has 1 saturated heterocycles. The van der Waals surface area contributed by atoms with E-state index in [0.29, 0.717) is 30.1 Å². The van der Waals surface area contributed by atoms with Gasteiger partial charge in [0, 0.05) is 24.3 Å². The molecule has 2 N–H and O–H groups in total. The lowest BCUT2D eigenvalue weighted by atomic mass is 10.2. The molecule has 1 aromatic heterocycles. The van der Waals surface area contributed by atoms with Crippen molar-refractivity contribution in [2.24, 2.45) is 0 Å². The van der Waals surface area contributed by atoms with Crippen LogP contribution in [-0.4, -0.2) is 32.5 Å². The second-order valence-electron chi connectivity index (χ2n) is 6.72. The molecular formula is C19H23N3O5S. The molecule has 8 nitrogen and oxygen atoms in total. The van der Waals surface area contributed by atoms with Crippen molar-refractivity contribution in [3.05, 3.63) is 47.4 Å². The van der Waals surface area contributed by atoms with Crippen LogP contribution in [0.5, 0.6) is 0 Å². The Hall–Kier alpha value is -2.81. The molecule has 0 atom stereocenters. The van der Waals surface area contributed by atoms with Gasteiger partial charge in [0.05, 0.1) is 11.4 Å². The average molecular weight is 405 g/mol. The average Bonchev–Trinajstić information content (AvgIpc) is 2.97. The maximum Gasteiger partial charge on any atom is 0.313 e. The van der Waals surface area contributed by atoms with Crippen LogP contribution in [0.3, 0.4) is 0 Å². The first-order chi connectivity index (χ1) is 13.3. The van der Waals surface area contributed by atoms with Crippen molar-refractivity contribution in [1.29, 1.82) is 0 Å². The summed E-state index contributed by atoms with van der Waals surface area (Å²) in [6.45, 7) is 4.24. The van der Waals surface area contributed by atoms with Gasteiger partial charge in [-0.3, -0.25) is 13.9 Å². The molecule has 150 valence electrons. The van der Waals surface area contributed by atoms with Gasteiger partial charge in [-0.2, -0.15) is 0 Å². The fraction of sp³-hybridized carbons (Fsp3) is 0.368. The molecular weight excluding hydrogens is 382 g/mol. The smallest absolute Gasteiger partial charge is 0.313 e. The molecule has 28 heavy (non-hydrogen) atoms. The number of nitrogens with zero attached hydrogens (tertiary/aromatic N) is 1. The van der Waals surface area contributed by atoms with Gasteiger partial charge in [-0.15, -0.1) is 0 Å². The van der Waals surface area contributed by atoms with Gasteiger partial charge in [0.2, 0.25) is 10.0 Å². The van der Waals surface area contributed by atoms with Crippen LogP contribution in [0.25, 0.3) is 0 Å². The summed E-state index contributed by atoms with van der Waals surface area (Å²) in [4.78, 5) is 24.1. The molecule has 1 aliphatic heterocycles. The van der Waals surface area contributed by atoms with Gasteiger partial charge in [0.25, 0.3) is 0 Å². The molecule has 2 amide bonds. The molecule has 0 aliphatic carbocycles. The zero-order valence-electron chi connectivity index (χ0n) is 15.8. The van der Waals surface area contributed by atoms with Crippen LogP contribution < -0.4 is 14.9 Å². The van der Waals surface area contributed by atoms with E-state index in [1.165, 1.54) is 4.31 Å². The first kappa shape index (κ1) is 19.9. The molecule has 0 bridgehead atoms. The predicted octanol–water partition coefficient (Wildman–Crippen LogP) is 2.08. The first-order valence-electron chi connectivity index (χ1n) is 9.02. The van der Waals surface area contributed by atoms with E-state index in [0.717, 1.165) is 17.7 Å². The Balaban J connectivity index is 1.58. The Morgan fingerprint density at radius 1 is 1.11 bits per heavy atom. The molecule has 3 rings (SSSR count). The van der Waals surface area contributed by atoms with E-state index in [-0.39, 0.29) is 12.3 Å². The van der Waals surface area contributed by atoms with E-state index < -0.39 is 21.8 Å². The monoisotopic (exact) mass is 405 g/mol. The molecule has 0 unspecified atom stereocenters. The van der Waals surface area contributed by atoms with Crippen LogP contribution >= 0.6 is 0 Å². The number of benzene rings is 1. The van der Waals surface area contributed by atoms with Crippen LogP contribution in [0.2, 0.25) is 0 Å². The summed E-state index contributed by atoms with van der Waals surface area (Å²) < 4.78 is 31.0. The van der Waals surface area contributed by atoms with Gasteiger partial charge < -0.3 is 15.1 Å². The SMILES string of the molecule is Cc1cc(CNC(=O)C(=O)Nc2ccc(N3CCCCS3(=O)=O)cc2)c(C)o1. The summed E-state index contributed by atoms with van der Waals surface area (Å²) in [5.74, 6) is 0.0158. The Labute approximate surface area is 164 Å².